The Hall–Kier alpha value is -1.35. The highest BCUT2D eigenvalue weighted by molar-refractivity contribution is 5.67. The van der Waals surface area contributed by atoms with Crippen LogP contribution in [0.15, 0.2) is 24.3 Å². The molecule has 3 nitrogen and oxygen atoms in total. The lowest BCUT2D eigenvalue weighted by Crippen LogP contribution is -2.25. The molecule has 1 fully saturated rings. The highest BCUT2D eigenvalue weighted by Gasteiger charge is 2.38. The Morgan fingerprint density at radius 3 is 2.50 bits per heavy atom. The summed E-state index contributed by atoms with van der Waals surface area (Å²) in [5, 5.41) is 8.69. The van der Waals surface area contributed by atoms with Crippen LogP contribution >= 0.6 is 0 Å². The van der Waals surface area contributed by atoms with Crippen molar-refractivity contribution in [2.45, 2.75) is 37.6 Å². The van der Waals surface area contributed by atoms with E-state index in [0.29, 0.717) is 6.42 Å². The second kappa shape index (κ2) is 4.26. The predicted octanol–water partition coefficient (Wildman–Crippen LogP) is 1.74. The highest BCUT2D eigenvalue weighted by atomic mass is 16.4. The molecule has 3 heteroatoms. The maximum absolute atomic E-state index is 10.6. The first-order chi connectivity index (χ1) is 7.59. The van der Waals surface area contributed by atoms with Gasteiger partial charge in [-0.15, -0.1) is 0 Å². The molecule has 1 aromatic carbocycles. The maximum Gasteiger partial charge on any atom is 0.303 e. The van der Waals surface area contributed by atoms with E-state index in [2.05, 4.69) is 6.07 Å². The van der Waals surface area contributed by atoms with Crippen LogP contribution in [0, 0.1) is 0 Å². The van der Waals surface area contributed by atoms with Gasteiger partial charge in [0.25, 0.3) is 0 Å². The number of carboxylic acid groups (broad SMARTS) is 1. The van der Waals surface area contributed by atoms with Gasteiger partial charge in [-0.25, -0.2) is 0 Å². The van der Waals surface area contributed by atoms with E-state index < -0.39 is 5.97 Å². The van der Waals surface area contributed by atoms with E-state index >= 15 is 0 Å². The van der Waals surface area contributed by atoms with Gasteiger partial charge in [-0.3, -0.25) is 4.79 Å². The number of hydrogen-bond acceptors (Lipinski definition) is 2. The molecule has 0 unspecified atom stereocenters. The van der Waals surface area contributed by atoms with Crippen molar-refractivity contribution in [1.82, 2.24) is 0 Å². The average Bonchev–Trinajstić information content (AvgIpc) is 2.95. The maximum atomic E-state index is 10.6. The number of carbonyl (C=O) groups is 1. The third-order valence-corrected chi connectivity index (χ3v) is 3.16. The molecule has 1 aliphatic rings. The van der Waals surface area contributed by atoms with Gasteiger partial charge < -0.3 is 10.8 Å². The largest absolute Gasteiger partial charge is 0.481 e. The Kier molecular flexibility index (Phi) is 2.97. The lowest BCUT2D eigenvalue weighted by atomic mass is 9.96. The van der Waals surface area contributed by atoms with Crippen molar-refractivity contribution in [3.8, 4) is 0 Å². The first kappa shape index (κ1) is 11.1. The van der Waals surface area contributed by atoms with Crippen LogP contribution < -0.4 is 5.73 Å². The van der Waals surface area contributed by atoms with Crippen LogP contribution in [0.3, 0.4) is 0 Å². The molecule has 1 saturated carbocycles. The molecule has 1 aliphatic carbocycles. The fourth-order valence-corrected chi connectivity index (χ4v) is 1.93. The fourth-order valence-electron chi connectivity index (χ4n) is 1.93. The van der Waals surface area contributed by atoms with Crippen molar-refractivity contribution in [3.05, 3.63) is 35.4 Å². The number of benzene rings is 1. The molecule has 16 heavy (non-hydrogen) atoms. The third-order valence-electron chi connectivity index (χ3n) is 3.16. The molecule has 0 atom stereocenters. The number of rotatable bonds is 5. The lowest BCUT2D eigenvalue weighted by molar-refractivity contribution is -0.136. The van der Waals surface area contributed by atoms with Crippen LogP contribution in [-0.2, 0) is 17.6 Å². The molecule has 0 heterocycles. The van der Waals surface area contributed by atoms with Crippen LogP contribution in [0.4, 0.5) is 0 Å². The number of nitrogens with two attached hydrogens (primary N) is 1. The van der Waals surface area contributed by atoms with Crippen molar-refractivity contribution >= 4 is 5.97 Å². The summed E-state index contributed by atoms with van der Waals surface area (Å²) in [7, 11) is 0. The van der Waals surface area contributed by atoms with Gasteiger partial charge in [0.1, 0.15) is 0 Å². The standard InChI is InChI=1S/C13H17NO2/c14-13(7-8-13)9-11-4-2-1-3-10(11)5-6-12(15)16/h1-4H,5-9,14H2,(H,15,16). The van der Waals surface area contributed by atoms with E-state index in [1.807, 2.05) is 18.2 Å². The zero-order chi connectivity index (χ0) is 11.6. The number of aliphatic carboxylic acids is 1. The van der Waals surface area contributed by atoms with Gasteiger partial charge in [-0.05, 0) is 36.8 Å². The predicted molar refractivity (Wildman–Crippen MR) is 62.3 cm³/mol. The second-order valence-corrected chi connectivity index (χ2v) is 4.70. The zero-order valence-corrected chi connectivity index (χ0v) is 9.28. The van der Waals surface area contributed by atoms with E-state index in [9.17, 15) is 4.79 Å². The lowest BCUT2D eigenvalue weighted by Gasteiger charge is -2.12. The van der Waals surface area contributed by atoms with Gasteiger partial charge >= 0.3 is 5.97 Å². The van der Waals surface area contributed by atoms with E-state index in [-0.39, 0.29) is 12.0 Å². The minimum absolute atomic E-state index is 0.0146. The Morgan fingerprint density at radius 2 is 1.94 bits per heavy atom. The Bertz CT molecular complexity index is 397. The van der Waals surface area contributed by atoms with E-state index in [4.69, 9.17) is 10.8 Å². The molecule has 0 bridgehead atoms. The topological polar surface area (TPSA) is 63.3 Å². The SMILES string of the molecule is NC1(Cc2ccccc2CCC(=O)O)CC1. The minimum Gasteiger partial charge on any atom is -0.481 e. The van der Waals surface area contributed by atoms with Gasteiger partial charge in [0.15, 0.2) is 0 Å². The van der Waals surface area contributed by atoms with Crippen LogP contribution in [0.5, 0.6) is 0 Å². The smallest absolute Gasteiger partial charge is 0.303 e. The van der Waals surface area contributed by atoms with Gasteiger partial charge in [0.05, 0.1) is 0 Å². The molecule has 0 aromatic heterocycles. The molecule has 1 aromatic rings. The highest BCUT2D eigenvalue weighted by Crippen LogP contribution is 2.36. The molecule has 0 amide bonds. The van der Waals surface area contributed by atoms with Crippen LogP contribution in [-0.4, -0.2) is 16.6 Å². The summed E-state index contributed by atoms with van der Waals surface area (Å²) in [6.07, 6.45) is 3.83. The van der Waals surface area contributed by atoms with Crippen LogP contribution in [0.1, 0.15) is 30.4 Å². The molecule has 86 valence electrons. The van der Waals surface area contributed by atoms with Crippen molar-refractivity contribution in [2.75, 3.05) is 0 Å². The molecular formula is C13H17NO2. The molecule has 0 aliphatic heterocycles. The Labute approximate surface area is 95.3 Å². The fraction of sp³-hybridized carbons (Fsp3) is 0.462. The summed E-state index contributed by atoms with van der Waals surface area (Å²) in [6, 6.07) is 8.01. The molecule has 2 rings (SSSR count). The Morgan fingerprint density at radius 1 is 1.31 bits per heavy atom. The van der Waals surface area contributed by atoms with Gasteiger partial charge in [0, 0.05) is 12.0 Å². The van der Waals surface area contributed by atoms with Crippen molar-refractivity contribution in [2.24, 2.45) is 5.73 Å². The van der Waals surface area contributed by atoms with Crippen LogP contribution in [0.25, 0.3) is 0 Å². The third kappa shape index (κ3) is 2.83. The van der Waals surface area contributed by atoms with Crippen molar-refractivity contribution in [3.63, 3.8) is 0 Å². The number of hydrogen-bond donors (Lipinski definition) is 2. The Balaban J connectivity index is 2.07. The quantitative estimate of drug-likeness (QED) is 0.792. The summed E-state index contributed by atoms with van der Waals surface area (Å²) in [5.41, 5.74) is 8.41. The first-order valence-electron chi connectivity index (χ1n) is 5.67. The van der Waals surface area contributed by atoms with Gasteiger partial charge in [0.2, 0.25) is 0 Å². The molecule has 0 radical (unpaired) electrons. The van der Waals surface area contributed by atoms with Gasteiger partial charge in [-0.2, -0.15) is 0 Å². The van der Waals surface area contributed by atoms with Crippen molar-refractivity contribution < 1.29 is 9.90 Å². The summed E-state index contributed by atoms with van der Waals surface area (Å²) < 4.78 is 0. The monoisotopic (exact) mass is 219 g/mol. The first-order valence-corrected chi connectivity index (χ1v) is 5.67. The normalized spacial score (nSPS) is 17.1. The number of aryl methyl sites for hydroxylation is 1. The van der Waals surface area contributed by atoms with Crippen LogP contribution in [0.2, 0.25) is 0 Å². The van der Waals surface area contributed by atoms with E-state index in [1.165, 1.54) is 5.56 Å². The number of carboxylic acids is 1. The van der Waals surface area contributed by atoms with Gasteiger partial charge in [-0.1, -0.05) is 24.3 Å². The van der Waals surface area contributed by atoms with Crippen molar-refractivity contribution in [1.29, 1.82) is 0 Å². The van der Waals surface area contributed by atoms with E-state index in [0.717, 1.165) is 24.8 Å². The molecular weight excluding hydrogens is 202 g/mol. The summed E-state index contributed by atoms with van der Waals surface area (Å²) in [4.78, 5) is 10.6. The summed E-state index contributed by atoms with van der Waals surface area (Å²) in [6.45, 7) is 0. The second-order valence-electron chi connectivity index (χ2n) is 4.70. The zero-order valence-electron chi connectivity index (χ0n) is 9.28. The molecule has 0 saturated heterocycles. The molecule has 3 N–H and O–H groups in total. The minimum atomic E-state index is -0.747. The average molecular weight is 219 g/mol. The van der Waals surface area contributed by atoms with E-state index in [1.54, 1.807) is 0 Å². The summed E-state index contributed by atoms with van der Waals surface area (Å²) in [5.74, 6) is -0.747. The summed E-state index contributed by atoms with van der Waals surface area (Å²) >= 11 is 0. The molecule has 0 spiro atoms.